The minimum absolute atomic E-state index is 0.385. The predicted octanol–water partition coefficient (Wildman–Crippen LogP) is 9.00. The van der Waals surface area contributed by atoms with E-state index in [4.69, 9.17) is 9.72 Å². The Labute approximate surface area is 260 Å². The van der Waals surface area contributed by atoms with E-state index in [2.05, 4.69) is 84.2 Å². The number of fused-ring (bicyclic) bond motifs is 3. The molecular weight excluding hydrogens is 556 g/mol. The SMILES string of the molecule is Cc1cc(C#N)c(-c2cnn(-c3cccc(Oc4ccc5c6ccccc6n(-c6cc(C(C)C)ccn6)c5c4)c3)c2)c(C#N)c1. The predicted molar refractivity (Wildman–Crippen MR) is 176 cm³/mol. The molecule has 3 aromatic heterocycles. The summed E-state index contributed by atoms with van der Waals surface area (Å²) in [6, 6.07) is 34.4. The summed E-state index contributed by atoms with van der Waals surface area (Å²) in [6.45, 7) is 6.24. The number of ether oxygens (including phenoxy) is 1. The Balaban J connectivity index is 1.26. The van der Waals surface area contributed by atoms with Crippen molar-refractivity contribution >= 4 is 21.8 Å². The third kappa shape index (κ3) is 4.97. The van der Waals surface area contributed by atoms with Crippen molar-refractivity contribution < 1.29 is 4.74 Å². The molecular formula is C38H28N6O. The van der Waals surface area contributed by atoms with E-state index in [1.165, 1.54) is 5.56 Å². The summed E-state index contributed by atoms with van der Waals surface area (Å²) < 4.78 is 10.3. The van der Waals surface area contributed by atoms with Crippen LogP contribution in [0.1, 0.15) is 42.0 Å². The van der Waals surface area contributed by atoms with Gasteiger partial charge in [0.2, 0.25) is 0 Å². The third-order valence-electron chi connectivity index (χ3n) is 8.02. The number of aromatic nitrogens is 4. The largest absolute Gasteiger partial charge is 0.457 e. The fourth-order valence-electron chi connectivity index (χ4n) is 5.87. The lowest BCUT2D eigenvalue weighted by molar-refractivity contribution is 0.483. The van der Waals surface area contributed by atoms with Crippen LogP contribution in [0.2, 0.25) is 0 Å². The van der Waals surface area contributed by atoms with Crippen LogP contribution in [0.25, 0.3) is 44.4 Å². The molecule has 7 aromatic rings. The highest BCUT2D eigenvalue weighted by atomic mass is 16.5. The smallest absolute Gasteiger partial charge is 0.137 e. The van der Waals surface area contributed by atoms with Crippen molar-refractivity contribution in [2.45, 2.75) is 26.7 Å². The molecule has 3 heterocycles. The van der Waals surface area contributed by atoms with Gasteiger partial charge in [-0.15, -0.1) is 0 Å². The first kappa shape index (κ1) is 27.6. The van der Waals surface area contributed by atoms with Gasteiger partial charge in [-0.05, 0) is 78.6 Å². The zero-order valence-corrected chi connectivity index (χ0v) is 25.1. The number of pyridine rings is 1. The molecule has 0 N–H and O–H groups in total. The Morgan fingerprint density at radius 3 is 2.31 bits per heavy atom. The normalized spacial score (nSPS) is 11.2. The number of para-hydroxylation sites is 1. The van der Waals surface area contributed by atoms with Gasteiger partial charge in [-0.1, -0.05) is 38.1 Å². The second-order valence-corrected chi connectivity index (χ2v) is 11.4. The standard InChI is InChI=1S/C38H28N6O/c1-24(2)26-13-14-41-37(17-26)44-35-10-5-4-9-33(35)34-12-11-32(19-36(34)44)45-31-8-6-7-30(18-31)43-23-29(22-42-43)38-27(20-39)15-25(3)16-28(38)21-40/h4-19,22-24H,1-3H3. The van der Waals surface area contributed by atoms with Crippen molar-refractivity contribution in [3.05, 3.63) is 132 Å². The first-order valence-electron chi connectivity index (χ1n) is 14.7. The molecule has 0 radical (unpaired) electrons. The van der Waals surface area contributed by atoms with Crippen molar-refractivity contribution in [1.29, 1.82) is 10.5 Å². The molecule has 0 amide bonds. The van der Waals surface area contributed by atoms with Crippen LogP contribution in [-0.2, 0) is 0 Å². The van der Waals surface area contributed by atoms with Crippen molar-refractivity contribution in [1.82, 2.24) is 19.3 Å². The number of aryl methyl sites for hydroxylation is 1. The van der Waals surface area contributed by atoms with Gasteiger partial charge in [0, 0.05) is 46.4 Å². The second-order valence-electron chi connectivity index (χ2n) is 11.4. The molecule has 0 atom stereocenters. The Kier molecular flexibility index (Phi) is 6.85. The fraction of sp³-hybridized carbons (Fsp3) is 0.105. The topological polar surface area (TPSA) is 92.4 Å². The summed E-state index contributed by atoms with van der Waals surface area (Å²) in [5.74, 6) is 2.60. The minimum atomic E-state index is 0.385. The molecule has 0 aliphatic carbocycles. The van der Waals surface area contributed by atoms with Gasteiger partial charge >= 0.3 is 0 Å². The Morgan fingerprint density at radius 1 is 0.778 bits per heavy atom. The highest BCUT2D eigenvalue weighted by molar-refractivity contribution is 6.09. The van der Waals surface area contributed by atoms with Crippen molar-refractivity contribution in [2.24, 2.45) is 0 Å². The van der Waals surface area contributed by atoms with E-state index in [0.29, 0.717) is 39.7 Å². The second kappa shape index (κ2) is 11.1. The van der Waals surface area contributed by atoms with Gasteiger partial charge in [0.05, 0.1) is 46.2 Å². The minimum Gasteiger partial charge on any atom is -0.457 e. The number of hydrogen-bond acceptors (Lipinski definition) is 5. The molecule has 0 aliphatic rings. The van der Waals surface area contributed by atoms with Crippen molar-refractivity contribution in [3.63, 3.8) is 0 Å². The van der Waals surface area contributed by atoms with E-state index >= 15 is 0 Å². The summed E-state index contributed by atoms with van der Waals surface area (Å²) in [5, 5.41) is 26.3. The monoisotopic (exact) mass is 584 g/mol. The Morgan fingerprint density at radius 2 is 1.53 bits per heavy atom. The zero-order chi connectivity index (χ0) is 31.1. The van der Waals surface area contributed by atoms with E-state index < -0.39 is 0 Å². The lowest BCUT2D eigenvalue weighted by Gasteiger charge is -2.12. The number of benzene rings is 4. The molecule has 7 nitrogen and oxygen atoms in total. The van der Waals surface area contributed by atoms with Gasteiger partial charge in [-0.2, -0.15) is 15.6 Å². The number of rotatable bonds is 6. The number of nitrogens with zero attached hydrogens (tertiary/aromatic N) is 6. The molecule has 7 heteroatoms. The van der Waals surface area contributed by atoms with Crippen LogP contribution in [-0.4, -0.2) is 19.3 Å². The van der Waals surface area contributed by atoms with Gasteiger partial charge < -0.3 is 4.74 Å². The molecule has 0 bridgehead atoms. The highest BCUT2D eigenvalue weighted by Gasteiger charge is 2.17. The van der Waals surface area contributed by atoms with Crippen LogP contribution in [0.3, 0.4) is 0 Å². The molecule has 7 rings (SSSR count). The van der Waals surface area contributed by atoms with E-state index in [9.17, 15) is 10.5 Å². The molecule has 45 heavy (non-hydrogen) atoms. The van der Waals surface area contributed by atoms with Crippen LogP contribution in [0, 0.1) is 29.6 Å². The van der Waals surface area contributed by atoms with Crippen LogP contribution < -0.4 is 4.74 Å². The van der Waals surface area contributed by atoms with Crippen LogP contribution >= 0.6 is 0 Å². The quantitative estimate of drug-likeness (QED) is 0.194. The summed E-state index contributed by atoms with van der Waals surface area (Å²) in [5.41, 5.74) is 7.15. The van der Waals surface area contributed by atoms with E-state index in [-0.39, 0.29) is 0 Å². The number of hydrogen-bond donors (Lipinski definition) is 0. The van der Waals surface area contributed by atoms with Gasteiger partial charge in [0.1, 0.15) is 17.3 Å². The van der Waals surface area contributed by atoms with Crippen LogP contribution in [0.5, 0.6) is 11.5 Å². The molecule has 0 saturated carbocycles. The molecule has 0 fully saturated rings. The Bertz CT molecular complexity index is 2290. The Hall–Kier alpha value is -6.18. The van der Waals surface area contributed by atoms with Gasteiger partial charge in [-0.25, -0.2) is 9.67 Å². The molecule has 216 valence electrons. The maximum absolute atomic E-state index is 9.74. The lowest BCUT2D eigenvalue weighted by Crippen LogP contribution is -1.99. The van der Waals surface area contributed by atoms with Crippen molar-refractivity contribution in [2.75, 3.05) is 0 Å². The average molecular weight is 585 g/mol. The number of nitriles is 2. The summed E-state index contributed by atoms with van der Waals surface area (Å²) in [4.78, 5) is 4.75. The molecule has 0 saturated heterocycles. The zero-order valence-electron chi connectivity index (χ0n) is 25.1. The van der Waals surface area contributed by atoms with E-state index in [0.717, 1.165) is 38.9 Å². The molecule has 4 aromatic carbocycles. The summed E-state index contributed by atoms with van der Waals surface area (Å²) >= 11 is 0. The first-order chi connectivity index (χ1) is 21.9. The van der Waals surface area contributed by atoms with Gasteiger partial charge in [-0.3, -0.25) is 4.57 Å². The molecule has 0 unspecified atom stereocenters. The lowest BCUT2D eigenvalue weighted by atomic mass is 9.95. The highest BCUT2D eigenvalue weighted by Crippen LogP contribution is 2.36. The average Bonchev–Trinajstić information content (AvgIpc) is 3.67. The van der Waals surface area contributed by atoms with Gasteiger partial charge in [0.15, 0.2) is 0 Å². The maximum Gasteiger partial charge on any atom is 0.137 e. The summed E-state index contributed by atoms with van der Waals surface area (Å²) in [6.07, 6.45) is 5.38. The third-order valence-corrected chi connectivity index (χ3v) is 8.02. The molecule has 0 spiro atoms. The van der Waals surface area contributed by atoms with E-state index in [1.54, 1.807) is 23.0 Å². The van der Waals surface area contributed by atoms with Crippen LogP contribution in [0.15, 0.2) is 110 Å². The maximum atomic E-state index is 9.74. The van der Waals surface area contributed by atoms with Gasteiger partial charge in [0.25, 0.3) is 0 Å². The van der Waals surface area contributed by atoms with E-state index in [1.807, 2.05) is 49.6 Å². The summed E-state index contributed by atoms with van der Waals surface area (Å²) in [7, 11) is 0. The van der Waals surface area contributed by atoms with Crippen molar-refractivity contribution in [3.8, 4) is 46.3 Å². The fourth-order valence-corrected chi connectivity index (χ4v) is 5.87. The first-order valence-corrected chi connectivity index (χ1v) is 14.7. The van der Waals surface area contributed by atoms with Crippen LogP contribution in [0.4, 0.5) is 0 Å². The molecule has 0 aliphatic heterocycles.